The third kappa shape index (κ3) is 3.93. The van der Waals surface area contributed by atoms with E-state index < -0.39 is 12.0 Å². The molecule has 0 bridgehead atoms. The minimum atomic E-state index is -4.54. The zero-order valence-corrected chi connectivity index (χ0v) is 15.8. The van der Waals surface area contributed by atoms with Crippen LogP contribution in [0.15, 0.2) is 36.9 Å². The number of rotatable bonds is 5. The van der Waals surface area contributed by atoms with Crippen LogP contribution >= 0.6 is 12.2 Å². The van der Waals surface area contributed by atoms with Crippen LogP contribution in [0.4, 0.5) is 13.2 Å². The molecule has 2 aromatic heterocycles. The maximum Gasteiger partial charge on any atom is 0.451 e. The van der Waals surface area contributed by atoms with E-state index in [0.29, 0.717) is 0 Å². The van der Waals surface area contributed by atoms with E-state index in [-0.39, 0.29) is 17.5 Å². The summed E-state index contributed by atoms with van der Waals surface area (Å²) in [7, 11) is 3.16. The highest BCUT2D eigenvalue weighted by Crippen LogP contribution is 2.27. The quantitative estimate of drug-likeness (QED) is 0.666. The summed E-state index contributed by atoms with van der Waals surface area (Å²) in [5, 5.41) is 7.73. The lowest BCUT2D eigenvalue weighted by molar-refractivity contribution is -0.933. The molecule has 144 valence electrons. The number of alkyl halides is 3. The minimum absolute atomic E-state index is 0.0213. The zero-order valence-electron chi connectivity index (χ0n) is 15.0. The molecule has 0 aliphatic rings. The second kappa shape index (κ2) is 7.24. The summed E-state index contributed by atoms with van der Waals surface area (Å²) in [6.07, 6.45) is -1.47. The predicted molar refractivity (Wildman–Crippen MR) is 93.7 cm³/mol. The van der Waals surface area contributed by atoms with Crippen LogP contribution in [0.1, 0.15) is 24.4 Å². The molecule has 0 aliphatic carbocycles. The van der Waals surface area contributed by atoms with Crippen LogP contribution in [-0.4, -0.2) is 36.2 Å². The molecular weight excluding hydrogens is 379 g/mol. The van der Waals surface area contributed by atoms with Crippen LogP contribution in [0.2, 0.25) is 0 Å². The normalized spacial score (nSPS) is 14.3. The number of aromatic nitrogens is 6. The number of hydrogen-bond donors (Lipinski definition) is 1. The average molecular weight is 398 g/mol. The summed E-state index contributed by atoms with van der Waals surface area (Å²) in [5.74, 6) is -0.995. The van der Waals surface area contributed by atoms with Crippen LogP contribution in [0.3, 0.4) is 0 Å². The van der Waals surface area contributed by atoms with E-state index in [4.69, 9.17) is 12.2 Å². The third-order valence-electron chi connectivity index (χ3n) is 4.51. The van der Waals surface area contributed by atoms with Crippen molar-refractivity contribution in [2.75, 3.05) is 7.05 Å². The number of nitrogens with zero attached hydrogens (tertiary/aromatic N) is 6. The summed E-state index contributed by atoms with van der Waals surface area (Å²) >= 11 is 5.10. The SMILES string of the molecule is C[C@H](c1ccc(-n2cncn2)cc1)[NH+](C)Cn1nc(C(F)(F)F)n(C)c1=S. The van der Waals surface area contributed by atoms with Gasteiger partial charge in [-0.05, 0) is 31.3 Å². The van der Waals surface area contributed by atoms with Crippen molar-refractivity contribution in [2.24, 2.45) is 7.05 Å². The number of nitrogens with one attached hydrogen (secondary N) is 1. The summed E-state index contributed by atoms with van der Waals surface area (Å²) in [6, 6.07) is 7.78. The van der Waals surface area contributed by atoms with Crippen LogP contribution in [0.25, 0.3) is 5.69 Å². The van der Waals surface area contributed by atoms with Gasteiger partial charge in [-0.3, -0.25) is 4.57 Å². The van der Waals surface area contributed by atoms with Gasteiger partial charge in [-0.2, -0.15) is 23.0 Å². The van der Waals surface area contributed by atoms with Gasteiger partial charge in [0, 0.05) is 12.6 Å². The van der Waals surface area contributed by atoms with Crippen molar-refractivity contribution >= 4 is 12.2 Å². The Balaban J connectivity index is 1.76. The lowest BCUT2D eigenvalue weighted by Gasteiger charge is -2.22. The van der Waals surface area contributed by atoms with Crippen LogP contribution in [-0.2, 0) is 19.9 Å². The van der Waals surface area contributed by atoms with Crippen molar-refractivity contribution < 1.29 is 18.1 Å². The molecule has 0 saturated heterocycles. The smallest absolute Gasteiger partial charge is 0.313 e. The van der Waals surface area contributed by atoms with E-state index in [1.807, 2.05) is 38.2 Å². The van der Waals surface area contributed by atoms with E-state index in [0.717, 1.165) is 20.7 Å². The topological polar surface area (TPSA) is 57.9 Å². The molecule has 27 heavy (non-hydrogen) atoms. The molecule has 0 aliphatic heterocycles. The molecule has 0 spiro atoms. The third-order valence-corrected chi connectivity index (χ3v) is 4.99. The Hall–Kier alpha value is -2.53. The van der Waals surface area contributed by atoms with E-state index in [9.17, 15) is 13.2 Å². The number of hydrogen-bond acceptors (Lipinski definition) is 4. The van der Waals surface area contributed by atoms with E-state index >= 15 is 0 Å². The van der Waals surface area contributed by atoms with Gasteiger partial charge in [0.15, 0.2) is 6.67 Å². The Morgan fingerprint density at radius 1 is 1.22 bits per heavy atom. The van der Waals surface area contributed by atoms with Crippen LogP contribution in [0, 0.1) is 4.77 Å². The van der Waals surface area contributed by atoms with Gasteiger partial charge in [0.25, 0.3) is 0 Å². The largest absolute Gasteiger partial charge is 0.451 e. The molecule has 11 heteroatoms. The maximum absolute atomic E-state index is 13.0. The minimum Gasteiger partial charge on any atom is -0.313 e. The van der Waals surface area contributed by atoms with Gasteiger partial charge >= 0.3 is 6.18 Å². The molecular formula is C16H19F3N7S+. The van der Waals surface area contributed by atoms with Crippen molar-refractivity contribution in [3.8, 4) is 5.69 Å². The zero-order chi connectivity index (χ0) is 19.8. The van der Waals surface area contributed by atoms with Crippen molar-refractivity contribution in [3.63, 3.8) is 0 Å². The van der Waals surface area contributed by atoms with Gasteiger partial charge in [-0.15, -0.1) is 5.10 Å². The maximum atomic E-state index is 13.0. The van der Waals surface area contributed by atoms with Crippen LogP contribution in [0.5, 0.6) is 0 Å². The van der Waals surface area contributed by atoms with Gasteiger partial charge in [0.1, 0.15) is 18.7 Å². The first kappa shape index (κ1) is 19.2. The highest BCUT2D eigenvalue weighted by Gasteiger charge is 2.37. The van der Waals surface area contributed by atoms with Gasteiger partial charge in [0.05, 0.1) is 12.7 Å². The van der Waals surface area contributed by atoms with Crippen molar-refractivity contribution in [2.45, 2.75) is 25.8 Å². The van der Waals surface area contributed by atoms with Gasteiger partial charge < -0.3 is 4.90 Å². The number of quaternary nitrogens is 1. The standard InChI is InChI=1S/C16H18F3N7S/c1-11(12-4-6-13(7-5-12)25-9-20-8-21-25)23(2)10-26-15(27)24(3)14(22-26)16(17,18)19/h4-9,11H,10H2,1-3H3/p+1/t11-/m1/s1. The molecule has 3 aromatic rings. The molecule has 0 saturated carbocycles. The highest BCUT2D eigenvalue weighted by atomic mass is 32.1. The summed E-state index contributed by atoms with van der Waals surface area (Å²) in [4.78, 5) is 4.86. The second-order valence-corrected chi connectivity index (χ2v) is 6.69. The summed E-state index contributed by atoms with van der Waals surface area (Å²) in [6.45, 7) is 2.21. The van der Waals surface area contributed by atoms with Gasteiger partial charge in [-0.25, -0.2) is 9.67 Å². The molecule has 2 atom stereocenters. The Kier molecular flexibility index (Phi) is 5.16. The fourth-order valence-electron chi connectivity index (χ4n) is 2.75. The number of halogens is 3. The fraction of sp³-hybridized carbons (Fsp3) is 0.375. The average Bonchev–Trinajstić information content (AvgIpc) is 3.25. The summed E-state index contributed by atoms with van der Waals surface area (Å²) in [5.41, 5.74) is 1.91. The summed E-state index contributed by atoms with van der Waals surface area (Å²) < 4.78 is 42.8. The van der Waals surface area contributed by atoms with E-state index in [1.165, 1.54) is 18.1 Å². The first-order chi connectivity index (χ1) is 12.7. The first-order valence-electron chi connectivity index (χ1n) is 8.16. The molecule has 3 rings (SSSR count). The van der Waals surface area contributed by atoms with E-state index in [2.05, 4.69) is 15.2 Å². The van der Waals surface area contributed by atoms with Gasteiger partial charge in [-0.1, -0.05) is 12.1 Å². The lowest BCUT2D eigenvalue weighted by atomic mass is 10.1. The van der Waals surface area contributed by atoms with Crippen molar-refractivity contribution in [1.29, 1.82) is 0 Å². The van der Waals surface area contributed by atoms with Crippen molar-refractivity contribution in [3.05, 3.63) is 53.1 Å². The Bertz CT molecular complexity index is 958. The second-order valence-electron chi connectivity index (χ2n) is 6.32. The fourth-order valence-corrected chi connectivity index (χ4v) is 2.94. The first-order valence-corrected chi connectivity index (χ1v) is 8.57. The Morgan fingerprint density at radius 2 is 1.89 bits per heavy atom. The molecule has 1 N–H and O–H groups in total. The van der Waals surface area contributed by atoms with E-state index in [1.54, 1.807) is 11.0 Å². The predicted octanol–water partition coefficient (Wildman–Crippen LogP) is 1.78. The molecule has 0 radical (unpaired) electrons. The monoisotopic (exact) mass is 398 g/mol. The lowest BCUT2D eigenvalue weighted by Crippen LogP contribution is -3.08. The van der Waals surface area contributed by atoms with Crippen LogP contribution < -0.4 is 4.90 Å². The molecule has 0 amide bonds. The van der Waals surface area contributed by atoms with Gasteiger partial charge in [0.2, 0.25) is 10.6 Å². The molecule has 1 unspecified atom stereocenters. The molecule has 7 nitrogen and oxygen atoms in total. The Morgan fingerprint density at radius 3 is 2.41 bits per heavy atom. The highest BCUT2D eigenvalue weighted by molar-refractivity contribution is 7.71. The van der Waals surface area contributed by atoms with Crippen molar-refractivity contribution in [1.82, 2.24) is 29.1 Å². The molecule has 2 heterocycles. The number of benzene rings is 1. The molecule has 1 aromatic carbocycles. The Labute approximate surface area is 158 Å². The molecule has 0 fully saturated rings.